The molecule has 0 amide bonds. The lowest BCUT2D eigenvalue weighted by Gasteiger charge is -1.99. The van der Waals surface area contributed by atoms with Crippen molar-refractivity contribution in [1.82, 2.24) is 4.98 Å². The Bertz CT molecular complexity index is 473. The SMILES string of the molecule is Cc1cc2c(F)cc(C)c(Cl)c2[nH]1. The summed E-state index contributed by atoms with van der Waals surface area (Å²) < 4.78 is 13.4. The smallest absolute Gasteiger partial charge is 0.132 e. The summed E-state index contributed by atoms with van der Waals surface area (Å²) in [6.45, 7) is 3.67. The molecule has 1 heterocycles. The lowest BCUT2D eigenvalue weighted by molar-refractivity contribution is 0.639. The van der Waals surface area contributed by atoms with Gasteiger partial charge < -0.3 is 4.98 Å². The third-order valence-corrected chi connectivity index (χ3v) is 2.61. The van der Waals surface area contributed by atoms with Gasteiger partial charge >= 0.3 is 0 Å². The van der Waals surface area contributed by atoms with Gasteiger partial charge in [0.05, 0.1) is 10.5 Å². The molecule has 0 radical (unpaired) electrons. The number of rotatable bonds is 0. The van der Waals surface area contributed by atoms with E-state index in [4.69, 9.17) is 11.6 Å². The largest absolute Gasteiger partial charge is 0.357 e. The van der Waals surface area contributed by atoms with Crippen LogP contribution in [0.15, 0.2) is 12.1 Å². The van der Waals surface area contributed by atoms with Crippen molar-refractivity contribution in [3.8, 4) is 0 Å². The van der Waals surface area contributed by atoms with Crippen LogP contribution in [0.25, 0.3) is 10.9 Å². The van der Waals surface area contributed by atoms with E-state index in [0.717, 1.165) is 11.3 Å². The molecule has 68 valence electrons. The van der Waals surface area contributed by atoms with Gasteiger partial charge in [0, 0.05) is 11.1 Å². The summed E-state index contributed by atoms with van der Waals surface area (Å²) in [5.74, 6) is -0.221. The minimum Gasteiger partial charge on any atom is -0.357 e. The lowest BCUT2D eigenvalue weighted by atomic mass is 10.2. The van der Waals surface area contributed by atoms with E-state index in [1.54, 1.807) is 13.0 Å². The Morgan fingerprint density at radius 1 is 1.31 bits per heavy atom. The topological polar surface area (TPSA) is 15.8 Å². The molecule has 2 aromatic rings. The van der Waals surface area contributed by atoms with E-state index >= 15 is 0 Å². The molecule has 1 N–H and O–H groups in total. The predicted octanol–water partition coefficient (Wildman–Crippen LogP) is 3.58. The summed E-state index contributed by atoms with van der Waals surface area (Å²) in [6.07, 6.45) is 0. The predicted molar refractivity (Wildman–Crippen MR) is 52.7 cm³/mol. The van der Waals surface area contributed by atoms with Crippen LogP contribution in [0, 0.1) is 19.7 Å². The molecule has 2 rings (SSSR count). The van der Waals surface area contributed by atoms with Crippen molar-refractivity contribution in [3.05, 3.63) is 34.2 Å². The third-order valence-electron chi connectivity index (χ3n) is 2.12. The van der Waals surface area contributed by atoms with Gasteiger partial charge in [0.1, 0.15) is 5.82 Å². The van der Waals surface area contributed by atoms with Crippen molar-refractivity contribution in [2.24, 2.45) is 0 Å². The van der Waals surface area contributed by atoms with E-state index in [1.807, 2.05) is 6.92 Å². The van der Waals surface area contributed by atoms with Crippen LogP contribution in [-0.2, 0) is 0 Å². The van der Waals surface area contributed by atoms with Gasteiger partial charge in [-0.05, 0) is 31.5 Å². The maximum Gasteiger partial charge on any atom is 0.132 e. The van der Waals surface area contributed by atoms with Crippen molar-refractivity contribution < 1.29 is 4.39 Å². The van der Waals surface area contributed by atoms with Crippen molar-refractivity contribution in [1.29, 1.82) is 0 Å². The zero-order valence-corrected chi connectivity index (χ0v) is 8.17. The first-order valence-corrected chi connectivity index (χ1v) is 4.41. The van der Waals surface area contributed by atoms with Gasteiger partial charge in [-0.25, -0.2) is 4.39 Å². The van der Waals surface area contributed by atoms with Gasteiger partial charge in [-0.2, -0.15) is 0 Å². The number of aromatic amines is 1. The number of benzene rings is 1. The Morgan fingerprint density at radius 3 is 2.69 bits per heavy atom. The van der Waals surface area contributed by atoms with E-state index in [-0.39, 0.29) is 5.82 Å². The second-order valence-corrected chi connectivity index (χ2v) is 3.61. The fourth-order valence-electron chi connectivity index (χ4n) is 1.48. The lowest BCUT2D eigenvalue weighted by Crippen LogP contribution is -1.82. The molecule has 1 nitrogen and oxygen atoms in total. The van der Waals surface area contributed by atoms with Crippen LogP contribution in [0.3, 0.4) is 0 Å². The van der Waals surface area contributed by atoms with E-state index < -0.39 is 0 Å². The fraction of sp³-hybridized carbons (Fsp3) is 0.200. The third kappa shape index (κ3) is 1.22. The van der Waals surface area contributed by atoms with Crippen LogP contribution in [0.4, 0.5) is 4.39 Å². The summed E-state index contributed by atoms with van der Waals surface area (Å²) in [4.78, 5) is 3.04. The zero-order chi connectivity index (χ0) is 9.59. The molecule has 0 aliphatic carbocycles. The highest BCUT2D eigenvalue weighted by molar-refractivity contribution is 6.35. The Balaban J connectivity index is 2.95. The first-order chi connectivity index (χ1) is 6.09. The van der Waals surface area contributed by atoms with Gasteiger partial charge in [0.25, 0.3) is 0 Å². The molecule has 0 unspecified atom stereocenters. The second-order valence-electron chi connectivity index (χ2n) is 3.23. The summed E-state index contributed by atoms with van der Waals surface area (Å²) >= 11 is 6.01. The minimum absolute atomic E-state index is 0.221. The quantitative estimate of drug-likeness (QED) is 0.665. The highest BCUT2D eigenvalue weighted by Crippen LogP contribution is 2.29. The number of hydrogen-bond donors (Lipinski definition) is 1. The molecule has 1 aromatic carbocycles. The van der Waals surface area contributed by atoms with Crippen LogP contribution >= 0.6 is 11.6 Å². The highest BCUT2D eigenvalue weighted by atomic mass is 35.5. The average Bonchev–Trinajstić information content (AvgIpc) is 2.44. The maximum absolute atomic E-state index is 13.4. The maximum atomic E-state index is 13.4. The number of aromatic nitrogens is 1. The number of H-pyrrole nitrogens is 1. The zero-order valence-electron chi connectivity index (χ0n) is 7.41. The van der Waals surface area contributed by atoms with Gasteiger partial charge in [-0.3, -0.25) is 0 Å². The van der Waals surface area contributed by atoms with Crippen molar-refractivity contribution >= 4 is 22.5 Å². The van der Waals surface area contributed by atoms with Gasteiger partial charge in [0.2, 0.25) is 0 Å². The van der Waals surface area contributed by atoms with E-state index in [0.29, 0.717) is 15.9 Å². The van der Waals surface area contributed by atoms with Crippen molar-refractivity contribution in [3.63, 3.8) is 0 Å². The molecule has 1 aromatic heterocycles. The van der Waals surface area contributed by atoms with Gasteiger partial charge in [0.15, 0.2) is 0 Å². The molecule has 0 aliphatic rings. The Labute approximate surface area is 80.5 Å². The van der Waals surface area contributed by atoms with Crippen LogP contribution in [-0.4, -0.2) is 4.98 Å². The molecule has 13 heavy (non-hydrogen) atoms. The Morgan fingerprint density at radius 2 is 2.00 bits per heavy atom. The minimum atomic E-state index is -0.221. The number of aryl methyl sites for hydroxylation is 2. The van der Waals surface area contributed by atoms with E-state index in [9.17, 15) is 4.39 Å². The summed E-state index contributed by atoms with van der Waals surface area (Å²) in [5.41, 5.74) is 2.37. The summed E-state index contributed by atoms with van der Waals surface area (Å²) in [7, 11) is 0. The molecule has 3 heteroatoms. The van der Waals surface area contributed by atoms with E-state index in [2.05, 4.69) is 4.98 Å². The second kappa shape index (κ2) is 2.74. The van der Waals surface area contributed by atoms with Crippen LogP contribution < -0.4 is 0 Å². The number of hydrogen-bond acceptors (Lipinski definition) is 0. The molecular weight excluding hydrogens is 189 g/mol. The molecular formula is C10H9ClFN. The molecule has 0 saturated carbocycles. The molecule has 0 atom stereocenters. The summed E-state index contributed by atoms with van der Waals surface area (Å²) in [6, 6.07) is 3.22. The number of nitrogens with one attached hydrogen (secondary N) is 1. The van der Waals surface area contributed by atoms with Crippen LogP contribution in [0.1, 0.15) is 11.3 Å². The summed E-state index contributed by atoms with van der Waals surface area (Å²) in [5, 5.41) is 1.16. The highest BCUT2D eigenvalue weighted by Gasteiger charge is 2.09. The molecule has 0 aliphatic heterocycles. The fourth-order valence-corrected chi connectivity index (χ4v) is 1.68. The van der Waals surface area contributed by atoms with Gasteiger partial charge in [-0.15, -0.1) is 0 Å². The van der Waals surface area contributed by atoms with Gasteiger partial charge in [-0.1, -0.05) is 11.6 Å². The standard InChI is InChI=1S/C10H9ClFN/c1-5-3-8(12)7-4-6(2)13-10(7)9(5)11/h3-4,13H,1-2H3. The first-order valence-electron chi connectivity index (χ1n) is 4.03. The number of fused-ring (bicyclic) bond motifs is 1. The molecule has 0 bridgehead atoms. The Kier molecular flexibility index (Phi) is 1.81. The van der Waals surface area contributed by atoms with Crippen LogP contribution in [0.2, 0.25) is 5.02 Å². The first kappa shape index (κ1) is 8.57. The monoisotopic (exact) mass is 197 g/mol. The van der Waals surface area contributed by atoms with Crippen molar-refractivity contribution in [2.75, 3.05) is 0 Å². The van der Waals surface area contributed by atoms with Crippen LogP contribution in [0.5, 0.6) is 0 Å². The van der Waals surface area contributed by atoms with E-state index in [1.165, 1.54) is 6.07 Å². The normalized spacial score (nSPS) is 11.1. The molecule has 0 fully saturated rings. The molecule has 0 spiro atoms. The number of halogens is 2. The molecule has 0 saturated heterocycles. The van der Waals surface area contributed by atoms with Crippen molar-refractivity contribution in [2.45, 2.75) is 13.8 Å². The average molecular weight is 198 g/mol. The Hall–Kier alpha value is -1.02.